The van der Waals surface area contributed by atoms with Crippen LogP contribution in [-0.4, -0.2) is 35.8 Å². The van der Waals surface area contributed by atoms with Crippen molar-refractivity contribution in [1.82, 2.24) is 10.2 Å². The largest absolute Gasteiger partial charge is 0.301 e. The Morgan fingerprint density at radius 1 is 1.32 bits per heavy atom. The van der Waals surface area contributed by atoms with Gasteiger partial charge in [-0.25, -0.2) is 0 Å². The van der Waals surface area contributed by atoms with Gasteiger partial charge >= 0.3 is 0 Å². The predicted octanol–water partition coefficient (Wildman–Crippen LogP) is 1.94. The van der Waals surface area contributed by atoms with Crippen molar-refractivity contribution in [3.8, 4) is 0 Å². The van der Waals surface area contributed by atoms with E-state index in [4.69, 9.17) is 0 Å². The van der Waals surface area contributed by atoms with Crippen molar-refractivity contribution in [2.24, 2.45) is 11.3 Å². The smallest absolute Gasteiger partial charge is 0.230 e. The molecule has 1 spiro atoms. The lowest BCUT2D eigenvalue weighted by Gasteiger charge is -2.48. The zero-order valence-electron chi connectivity index (χ0n) is 12.4. The van der Waals surface area contributed by atoms with Crippen molar-refractivity contribution in [2.45, 2.75) is 58.9 Å². The van der Waals surface area contributed by atoms with Crippen LogP contribution in [0.25, 0.3) is 0 Å². The number of amides is 2. The van der Waals surface area contributed by atoms with E-state index in [0.717, 1.165) is 38.8 Å². The van der Waals surface area contributed by atoms with Crippen LogP contribution in [0.4, 0.5) is 0 Å². The maximum atomic E-state index is 12.1. The van der Waals surface area contributed by atoms with Crippen LogP contribution in [0.2, 0.25) is 0 Å². The molecule has 0 bridgehead atoms. The monoisotopic (exact) mass is 266 g/mol. The summed E-state index contributed by atoms with van der Waals surface area (Å²) in [5.74, 6) is -0.0732. The first-order chi connectivity index (χ1) is 8.98. The zero-order chi connectivity index (χ0) is 14.0. The second kappa shape index (κ2) is 5.61. The molecule has 0 aromatic heterocycles. The molecule has 19 heavy (non-hydrogen) atoms. The molecule has 2 saturated heterocycles. The average molecular weight is 266 g/mol. The van der Waals surface area contributed by atoms with E-state index in [-0.39, 0.29) is 23.1 Å². The van der Waals surface area contributed by atoms with E-state index in [1.54, 1.807) is 0 Å². The molecule has 0 saturated carbocycles. The van der Waals surface area contributed by atoms with Crippen molar-refractivity contribution in [2.75, 3.05) is 13.1 Å². The van der Waals surface area contributed by atoms with Gasteiger partial charge in [-0.2, -0.15) is 0 Å². The van der Waals surface area contributed by atoms with Gasteiger partial charge in [0, 0.05) is 18.4 Å². The second-order valence-electron chi connectivity index (χ2n) is 6.42. The van der Waals surface area contributed by atoms with E-state index in [9.17, 15) is 9.59 Å². The normalized spacial score (nSPS) is 27.9. The molecule has 4 heteroatoms. The Morgan fingerprint density at radius 2 is 1.95 bits per heavy atom. The molecule has 2 aliphatic heterocycles. The molecule has 2 aliphatic rings. The summed E-state index contributed by atoms with van der Waals surface area (Å²) in [5.41, 5.74) is -0.0686. The number of carbonyl (C=O) groups excluding carboxylic acids is 2. The molecule has 2 heterocycles. The maximum absolute atomic E-state index is 12.1. The first-order valence-corrected chi connectivity index (χ1v) is 7.56. The zero-order valence-corrected chi connectivity index (χ0v) is 12.4. The molecule has 0 aromatic carbocycles. The molecule has 1 N–H and O–H groups in total. The molecule has 4 nitrogen and oxygen atoms in total. The van der Waals surface area contributed by atoms with Gasteiger partial charge in [0.1, 0.15) is 0 Å². The summed E-state index contributed by atoms with van der Waals surface area (Å²) in [4.78, 5) is 26.4. The fourth-order valence-electron chi connectivity index (χ4n) is 3.73. The molecular formula is C15H26N2O2. The van der Waals surface area contributed by atoms with Crippen LogP contribution in [0.3, 0.4) is 0 Å². The van der Waals surface area contributed by atoms with Crippen molar-refractivity contribution in [1.29, 1.82) is 0 Å². The van der Waals surface area contributed by atoms with E-state index >= 15 is 0 Å². The molecule has 2 amide bonds. The highest BCUT2D eigenvalue weighted by molar-refractivity contribution is 5.99. The van der Waals surface area contributed by atoms with Crippen LogP contribution < -0.4 is 5.32 Å². The van der Waals surface area contributed by atoms with Crippen LogP contribution in [0, 0.1) is 11.3 Å². The molecule has 0 aliphatic carbocycles. The predicted molar refractivity (Wildman–Crippen MR) is 74.5 cm³/mol. The van der Waals surface area contributed by atoms with Gasteiger partial charge in [0.15, 0.2) is 0 Å². The molecule has 2 rings (SSSR count). The Labute approximate surface area is 115 Å². The van der Waals surface area contributed by atoms with Crippen LogP contribution in [-0.2, 0) is 9.59 Å². The summed E-state index contributed by atoms with van der Waals surface area (Å²) in [6.45, 7) is 8.55. The van der Waals surface area contributed by atoms with Gasteiger partial charge in [-0.15, -0.1) is 0 Å². The fraction of sp³-hybridized carbons (Fsp3) is 0.867. The lowest BCUT2D eigenvalue weighted by atomic mass is 9.63. The van der Waals surface area contributed by atoms with Gasteiger partial charge < -0.3 is 4.90 Å². The minimum Gasteiger partial charge on any atom is -0.301 e. The summed E-state index contributed by atoms with van der Waals surface area (Å²) in [6.07, 6.45) is 4.40. The number of nitrogens with zero attached hydrogens (tertiary/aromatic N) is 1. The molecule has 1 atom stereocenters. The summed E-state index contributed by atoms with van der Waals surface area (Å²) < 4.78 is 0. The molecule has 108 valence electrons. The van der Waals surface area contributed by atoms with Crippen molar-refractivity contribution < 1.29 is 9.59 Å². The van der Waals surface area contributed by atoms with Crippen LogP contribution in [0.15, 0.2) is 0 Å². The number of likely N-dealkylation sites (tertiary alicyclic amines) is 1. The van der Waals surface area contributed by atoms with E-state index in [1.807, 2.05) is 0 Å². The van der Waals surface area contributed by atoms with E-state index in [2.05, 4.69) is 31.0 Å². The maximum Gasteiger partial charge on any atom is 0.230 e. The lowest BCUT2D eigenvalue weighted by Crippen LogP contribution is -2.56. The number of rotatable bonds is 3. The van der Waals surface area contributed by atoms with Gasteiger partial charge in [0.2, 0.25) is 11.8 Å². The highest BCUT2D eigenvalue weighted by Crippen LogP contribution is 2.46. The third kappa shape index (κ3) is 2.83. The SMILES string of the molecule is CCCC1C(=O)NC(=O)CC12CCN(C(C)C)CC2. The lowest BCUT2D eigenvalue weighted by molar-refractivity contribution is -0.147. The minimum atomic E-state index is -0.0737. The third-order valence-electron chi connectivity index (χ3n) is 4.93. The van der Waals surface area contributed by atoms with E-state index < -0.39 is 0 Å². The Kier molecular flexibility index (Phi) is 4.29. The number of imide groups is 1. The summed E-state index contributed by atoms with van der Waals surface area (Å²) in [6, 6.07) is 0.551. The highest BCUT2D eigenvalue weighted by Gasteiger charge is 2.49. The number of hydrogen-bond acceptors (Lipinski definition) is 3. The van der Waals surface area contributed by atoms with Crippen molar-refractivity contribution in [3.05, 3.63) is 0 Å². The number of piperidine rings is 2. The second-order valence-corrected chi connectivity index (χ2v) is 6.42. The van der Waals surface area contributed by atoms with Crippen molar-refractivity contribution in [3.63, 3.8) is 0 Å². The minimum absolute atomic E-state index is 0.0314. The van der Waals surface area contributed by atoms with Gasteiger partial charge in [0.25, 0.3) is 0 Å². The average Bonchev–Trinajstić information content (AvgIpc) is 2.34. The number of nitrogens with one attached hydrogen (secondary N) is 1. The molecule has 1 unspecified atom stereocenters. The summed E-state index contributed by atoms with van der Waals surface area (Å²) >= 11 is 0. The number of hydrogen-bond donors (Lipinski definition) is 1. The topological polar surface area (TPSA) is 49.4 Å². The quantitative estimate of drug-likeness (QED) is 0.794. The standard InChI is InChI=1S/C15H26N2O2/c1-4-5-12-14(19)16-13(18)10-15(12)6-8-17(9-7-15)11(2)3/h11-12H,4-10H2,1-3H3,(H,16,18,19). The van der Waals surface area contributed by atoms with Crippen LogP contribution in [0.1, 0.15) is 52.9 Å². The highest BCUT2D eigenvalue weighted by atomic mass is 16.2. The van der Waals surface area contributed by atoms with E-state index in [1.165, 1.54) is 0 Å². The molecule has 0 aromatic rings. The van der Waals surface area contributed by atoms with Crippen LogP contribution in [0.5, 0.6) is 0 Å². The van der Waals surface area contributed by atoms with Gasteiger partial charge in [0.05, 0.1) is 0 Å². The van der Waals surface area contributed by atoms with E-state index in [0.29, 0.717) is 12.5 Å². The number of carbonyl (C=O) groups is 2. The summed E-state index contributed by atoms with van der Waals surface area (Å²) in [5, 5.41) is 2.53. The van der Waals surface area contributed by atoms with Gasteiger partial charge in [-0.1, -0.05) is 13.3 Å². The van der Waals surface area contributed by atoms with Crippen LogP contribution >= 0.6 is 0 Å². The third-order valence-corrected chi connectivity index (χ3v) is 4.93. The van der Waals surface area contributed by atoms with Gasteiger partial charge in [-0.05, 0) is 51.6 Å². The molecule has 2 fully saturated rings. The first-order valence-electron chi connectivity index (χ1n) is 7.56. The van der Waals surface area contributed by atoms with Crippen molar-refractivity contribution >= 4 is 11.8 Å². The summed E-state index contributed by atoms with van der Waals surface area (Å²) in [7, 11) is 0. The molecular weight excluding hydrogens is 240 g/mol. The Hall–Kier alpha value is -0.900. The Balaban J connectivity index is 2.14. The Bertz CT molecular complexity index is 357. The first kappa shape index (κ1) is 14.5. The molecule has 0 radical (unpaired) electrons. The fourth-order valence-corrected chi connectivity index (χ4v) is 3.73. The van der Waals surface area contributed by atoms with Gasteiger partial charge in [-0.3, -0.25) is 14.9 Å². The Morgan fingerprint density at radius 3 is 2.47 bits per heavy atom.